The number of aromatic nitrogens is 3. The molecular formula is C21H24ClN5O2. The molecule has 7 nitrogen and oxygen atoms in total. The molecule has 1 aromatic carbocycles. The molecule has 1 fully saturated rings. The molecule has 4 rings (SSSR count). The van der Waals surface area contributed by atoms with Crippen LogP contribution in [0, 0.1) is 6.92 Å². The second-order valence-corrected chi connectivity index (χ2v) is 7.86. The van der Waals surface area contributed by atoms with Gasteiger partial charge in [0.1, 0.15) is 0 Å². The summed E-state index contributed by atoms with van der Waals surface area (Å²) in [6.45, 7) is 3.55. The number of hydrogen-bond acceptors (Lipinski definition) is 4. The van der Waals surface area contributed by atoms with E-state index in [1.54, 1.807) is 6.20 Å². The van der Waals surface area contributed by atoms with E-state index in [0.717, 1.165) is 41.6 Å². The Balaban J connectivity index is 1.72. The van der Waals surface area contributed by atoms with Crippen molar-refractivity contribution in [1.82, 2.24) is 19.4 Å². The lowest BCUT2D eigenvalue weighted by Crippen LogP contribution is -2.34. The van der Waals surface area contributed by atoms with E-state index in [1.807, 2.05) is 37.3 Å². The zero-order valence-corrected chi connectivity index (χ0v) is 17.1. The number of imidazole rings is 1. The van der Waals surface area contributed by atoms with Crippen LogP contribution in [0.5, 0.6) is 0 Å². The van der Waals surface area contributed by atoms with E-state index in [9.17, 15) is 9.90 Å². The molecule has 1 aliphatic rings. The number of aryl methyl sites for hydroxylation is 1. The van der Waals surface area contributed by atoms with E-state index >= 15 is 0 Å². The fraction of sp³-hybridized carbons (Fsp3) is 0.381. The van der Waals surface area contributed by atoms with Gasteiger partial charge in [-0.15, -0.1) is 0 Å². The molecule has 0 radical (unpaired) electrons. The van der Waals surface area contributed by atoms with Crippen LogP contribution in [0.4, 0.5) is 10.7 Å². The molecule has 1 aliphatic heterocycles. The summed E-state index contributed by atoms with van der Waals surface area (Å²) >= 11 is 6.55. The predicted molar refractivity (Wildman–Crippen MR) is 114 cm³/mol. The molecule has 1 atom stereocenters. The first-order chi connectivity index (χ1) is 14.0. The summed E-state index contributed by atoms with van der Waals surface area (Å²) in [5.41, 5.74) is 3.72. The third-order valence-electron chi connectivity index (χ3n) is 5.35. The summed E-state index contributed by atoms with van der Waals surface area (Å²) in [7, 11) is 0. The molecule has 2 aromatic heterocycles. The summed E-state index contributed by atoms with van der Waals surface area (Å²) in [5, 5.41) is 13.6. The van der Waals surface area contributed by atoms with Crippen molar-refractivity contribution < 1.29 is 9.90 Å². The molecule has 1 unspecified atom stereocenters. The average molecular weight is 414 g/mol. The number of nitrogens with zero attached hydrogens (tertiary/aromatic N) is 4. The molecule has 3 aromatic rings. The van der Waals surface area contributed by atoms with Crippen LogP contribution in [0.2, 0.25) is 5.02 Å². The number of hydrogen-bond donors (Lipinski definition) is 2. The molecule has 8 heteroatoms. The Bertz CT molecular complexity index is 1040. The Morgan fingerprint density at radius 2 is 2.21 bits per heavy atom. The first kappa shape index (κ1) is 19.5. The van der Waals surface area contributed by atoms with E-state index in [4.69, 9.17) is 16.6 Å². The minimum absolute atomic E-state index is 0.0276. The highest BCUT2D eigenvalue weighted by Gasteiger charge is 2.27. The molecule has 1 saturated heterocycles. The molecule has 1 amide bonds. The van der Waals surface area contributed by atoms with Crippen molar-refractivity contribution in [1.29, 1.82) is 0 Å². The largest absolute Gasteiger partial charge is 0.465 e. The SMILES string of the molecule is Cc1cc(CNc2nc3cccc(Cl)c3n2C2CCCCN(C(=O)O)C2)ccn1. The zero-order valence-electron chi connectivity index (χ0n) is 16.3. The van der Waals surface area contributed by atoms with Gasteiger partial charge in [-0.05, 0) is 56.0 Å². The van der Waals surface area contributed by atoms with Gasteiger partial charge in [-0.1, -0.05) is 17.7 Å². The van der Waals surface area contributed by atoms with Crippen molar-refractivity contribution in [3.05, 3.63) is 52.8 Å². The van der Waals surface area contributed by atoms with Crippen molar-refractivity contribution >= 4 is 34.7 Å². The van der Waals surface area contributed by atoms with Gasteiger partial charge in [0.2, 0.25) is 5.95 Å². The number of anilines is 1. The molecule has 0 bridgehead atoms. The quantitative estimate of drug-likeness (QED) is 0.647. The van der Waals surface area contributed by atoms with Crippen LogP contribution in [0.15, 0.2) is 36.5 Å². The summed E-state index contributed by atoms with van der Waals surface area (Å²) in [6, 6.07) is 9.65. The number of rotatable bonds is 4. The third-order valence-corrected chi connectivity index (χ3v) is 5.66. The molecule has 3 heterocycles. The number of halogens is 1. The number of likely N-dealkylation sites (tertiary alicyclic amines) is 1. The number of fused-ring (bicyclic) bond motifs is 1. The van der Waals surface area contributed by atoms with E-state index in [1.165, 1.54) is 4.90 Å². The van der Waals surface area contributed by atoms with Crippen molar-refractivity contribution in [2.75, 3.05) is 18.4 Å². The summed E-state index contributed by atoms with van der Waals surface area (Å²) in [4.78, 5) is 22.1. The van der Waals surface area contributed by atoms with Crippen molar-refractivity contribution in [2.45, 2.75) is 38.8 Å². The maximum Gasteiger partial charge on any atom is 0.407 e. The lowest BCUT2D eigenvalue weighted by atomic mass is 10.1. The second-order valence-electron chi connectivity index (χ2n) is 7.45. The topological polar surface area (TPSA) is 83.3 Å². The Morgan fingerprint density at radius 3 is 3.00 bits per heavy atom. The van der Waals surface area contributed by atoms with E-state index in [-0.39, 0.29) is 6.04 Å². The van der Waals surface area contributed by atoms with Gasteiger partial charge in [0.15, 0.2) is 0 Å². The van der Waals surface area contributed by atoms with Gasteiger partial charge in [-0.3, -0.25) is 4.98 Å². The van der Waals surface area contributed by atoms with Gasteiger partial charge in [-0.2, -0.15) is 0 Å². The molecule has 0 spiro atoms. The third kappa shape index (κ3) is 4.15. The number of carboxylic acid groups (broad SMARTS) is 1. The minimum Gasteiger partial charge on any atom is -0.465 e. The van der Waals surface area contributed by atoms with Gasteiger partial charge >= 0.3 is 6.09 Å². The van der Waals surface area contributed by atoms with Crippen LogP contribution in [0.25, 0.3) is 11.0 Å². The van der Waals surface area contributed by atoms with Crippen LogP contribution in [-0.2, 0) is 6.54 Å². The molecule has 2 N–H and O–H groups in total. The highest BCUT2D eigenvalue weighted by Crippen LogP contribution is 2.33. The Kier molecular flexibility index (Phi) is 5.58. The van der Waals surface area contributed by atoms with Crippen molar-refractivity contribution in [2.24, 2.45) is 0 Å². The standard InChI is InChI=1S/C21H24ClN5O2/c1-14-11-15(8-9-23-14)12-24-20-25-18-7-4-6-17(22)19(18)27(20)16-5-2-3-10-26(13-16)21(28)29/h4,6-9,11,16H,2-3,5,10,12-13H2,1H3,(H,24,25)(H,28,29). The summed E-state index contributed by atoms with van der Waals surface area (Å²) in [6.07, 6.45) is 3.62. The predicted octanol–water partition coefficient (Wildman–Crippen LogP) is 4.71. The van der Waals surface area contributed by atoms with E-state index in [0.29, 0.717) is 30.6 Å². The fourth-order valence-corrected chi connectivity index (χ4v) is 4.25. The Labute approximate surface area is 174 Å². The van der Waals surface area contributed by atoms with Crippen LogP contribution < -0.4 is 5.32 Å². The monoisotopic (exact) mass is 413 g/mol. The highest BCUT2D eigenvalue weighted by molar-refractivity contribution is 6.35. The van der Waals surface area contributed by atoms with E-state index in [2.05, 4.69) is 14.9 Å². The van der Waals surface area contributed by atoms with Crippen LogP contribution in [-0.4, -0.2) is 43.7 Å². The van der Waals surface area contributed by atoms with Crippen molar-refractivity contribution in [3.8, 4) is 0 Å². The van der Waals surface area contributed by atoms with E-state index < -0.39 is 6.09 Å². The summed E-state index contributed by atoms with van der Waals surface area (Å²) < 4.78 is 2.09. The molecule has 0 saturated carbocycles. The smallest absolute Gasteiger partial charge is 0.407 e. The maximum absolute atomic E-state index is 11.6. The molecular weight excluding hydrogens is 390 g/mol. The molecule has 0 aliphatic carbocycles. The first-order valence-electron chi connectivity index (χ1n) is 9.82. The molecule has 29 heavy (non-hydrogen) atoms. The number of carbonyl (C=O) groups is 1. The minimum atomic E-state index is -0.880. The maximum atomic E-state index is 11.6. The number of nitrogens with one attached hydrogen (secondary N) is 1. The Hall–Kier alpha value is -2.80. The number of para-hydroxylation sites is 1. The van der Waals surface area contributed by atoms with Crippen molar-refractivity contribution in [3.63, 3.8) is 0 Å². The van der Waals surface area contributed by atoms with Gasteiger partial charge in [-0.25, -0.2) is 9.78 Å². The Morgan fingerprint density at radius 1 is 1.34 bits per heavy atom. The van der Waals surface area contributed by atoms with Gasteiger partial charge in [0, 0.05) is 31.5 Å². The average Bonchev–Trinajstić information content (AvgIpc) is 2.89. The number of amides is 1. The van der Waals surface area contributed by atoms with Crippen LogP contribution >= 0.6 is 11.6 Å². The highest BCUT2D eigenvalue weighted by atomic mass is 35.5. The fourth-order valence-electron chi connectivity index (χ4n) is 3.99. The van der Waals surface area contributed by atoms with Gasteiger partial charge < -0.3 is 19.9 Å². The van der Waals surface area contributed by atoms with Crippen LogP contribution in [0.1, 0.15) is 36.6 Å². The summed E-state index contributed by atoms with van der Waals surface area (Å²) in [5.74, 6) is 0.708. The lowest BCUT2D eigenvalue weighted by molar-refractivity contribution is 0.141. The first-order valence-corrected chi connectivity index (χ1v) is 10.2. The number of pyridine rings is 1. The molecule has 152 valence electrons. The van der Waals surface area contributed by atoms with Gasteiger partial charge in [0.25, 0.3) is 0 Å². The lowest BCUT2D eigenvalue weighted by Gasteiger charge is -2.25. The second kappa shape index (κ2) is 8.29. The van der Waals surface area contributed by atoms with Gasteiger partial charge in [0.05, 0.1) is 22.1 Å². The zero-order chi connectivity index (χ0) is 20.4. The normalized spacial score (nSPS) is 17.3. The number of benzene rings is 1. The van der Waals surface area contributed by atoms with Crippen LogP contribution in [0.3, 0.4) is 0 Å².